The molecule has 0 saturated carbocycles. The van der Waals surface area contributed by atoms with Crippen molar-refractivity contribution in [3.8, 4) is 0 Å². The summed E-state index contributed by atoms with van der Waals surface area (Å²) in [5, 5.41) is 8.57. The highest BCUT2D eigenvalue weighted by atomic mass is 79.9. The second kappa shape index (κ2) is 11.0. The molecule has 3 N–H and O–H groups in total. The molecule has 160 valence electrons. The highest BCUT2D eigenvalue weighted by molar-refractivity contribution is 9.10. The van der Waals surface area contributed by atoms with E-state index in [1.165, 1.54) is 0 Å². The molecule has 0 atom stereocenters. The van der Waals surface area contributed by atoms with Crippen LogP contribution in [-0.2, 0) is 4.74 Å². The summed E-state index contributed by atoms with van der Waals surface area (Å²) in [6, 6.07) is 12.5. The average molecular weight is 475 g/mol. The molecule has 8 heteroatoms. The van der Waals surface area contributed by atoms with Gasteiger partial charge in [0.2, 0.25) is 0 Å². The number of rotatable bonds is 8. The summed E-state index contributed by atoms with van der Waals surface area (Å²) in [6.45, 7) is 2.99. The second-order valence-corrected chi connectivity index (χ2v) is 7.94. The first-order valence-electron chi connectivity index (χ1n) is 10.1. The number of amides is 3. The van der Waals surface area contributed by atoms with Crippen molar-refractivity contribution < 1.29 is 14.3 Å². The zero-order valence-electron chi connectivity index (χ0n) is 17.0. The number of hydrogen-bond acceptors (Lipinski definition) is 4. The Morgan fingerprint density at radius 1 is 1.10 bits per heavy atom. The first kappa shape index (κ1) is 22.1. The lowest BCUT2D eigenvalue weighted by Gasteiger charge is -2.22. The van der Waals surface area contributed by atoms with Crippen LogP contribution in [0.3, 0.4) is 0 Å². The van der Waals surface area contributed by atoms with Crippen LogP contribution in [0.15, 0.2) is 46.9 Å². The molecule has 2 aromatic rings. The minimum Gasteiger partial charge on any atom is -0.385 e. The number of nitrogens with zero attached hydrogens (tertiary/aromatic N) is 1. The van der Waals surface area contributed by atoms with E-state index in [-0.39, 0.29) is 11.9 Å². The Hall–Kier alpha value is -2.58. The van der Waals surface area contributed by atoms with Crippen LogP contribution >= 0.6 is 15.9 Å². The molecule has 0 aliphatic carbocycles. The summed E-state index contributed by atoms with van der Waals surface area (Å²) in [5.74, 6) is -0.150. The van der Waals surface area contributed by atoms with Gasteiger partial charge in [-0.05, 0) is 65.5 Å². The fourth-order valence-electron chi connectivity index (χ4n) is 3.39. The summed E-state index contributed by atoms with van der Waals surface area (Å²) in [5.41, 5.74) is 2.69. The average Bonchev–Trinajstić information content (AvgIpc) is 3.27. The molecular weight excluding hydrogens is 448 g/mol. The van der Waals surface area contributed by atoms with E-state index in [0.29, 0.717) is 30.1 Å². The molecular formula is C22H27BrN4O3. The van der Waals surface area contributed by atoms with Crippen LogP contribution in [0.5, 0.6) is 0 Å². The minimum atomic E-state index is -0.373. The number of hydrogen-bond donors (Lipinski definition) is 3. The third kappa shape index (κ3) is 5.96. The van der Waals surface area contributed by atoms with Gasteiger partial charge in [0.15, 0.2) is 0 Å². The van der Waals surface area contributed by atoms with Gasteiger partial charge in [-0.25, -0.2) is 4.79 Å². The molecule has 0 radical (unpaired) electrons. The lowest BCUT2D eigenvalue weighted by Crippen LogP contribution is -2.29. The quantitative estimate of drug-likeness (QED) is 0.493. The third-order valence-electron chi connectivity index (χ3n) is 4.88. The highest BCUT2D eigenvalue weighted by Crippen LogP contribution is 2.28. The van der Waals surface area contributed by atoms with Gasteiger partial charge in [-0.1, -0.05) is 12.1 Å². The predicted octanol–water partition coefficient (Wildman–Crippen LogP) is 4.46. The van der Waals surface area contributed by atoms with E-state index in [2.05, 4.69) is 36.8 Å². The summed E-state index contributed by atoms with van der Waals surface area (Å²) >= 11 is 3.41. The van der Waals surface area contributed by atoms with E-state index < -0.39 is 0 Å². The Bertz CT molecular complexity index is 884. The summed E-state index contributed by atoms with van der Waals surface area (Å²) in [4.78, 5) is 27.5. The number of methoxy groups -OCH3 is 1. The van der Waals surface area contributed by atoms with Crippen LogP contribution in [0.2, 0.25) is 0 Å². The van der Waals surface area contributed by atoms with Gasteiger partial charge in [-0.3, -0.25) is 4.79 Å². The van der Waals surface area contributed by atoms with Crippen LogP contribution in [0, 0.1) is 0 Å². The molecule has 30 heavy (non-hydrogen) atoms. The zero-order chi connectivity index (χ0) is 21.3. The van der Waals surface area contributed by atoms with Crippen LogP contribution in [-0.4, -0.2) is 45.3 Å². The molecule has 1 aliphatic heterocycles. The molecule has 0 bridgehead atoms. The molecule has 0 aromatic heterocycles. The van der Waals surface area contributed by atoms with Crippen molar-refractivity contribution in [3.63, 3.8) is 0 Å². The Morgan fingerprint density at radius 2 is 1.87 bits per heavy atom. The molecule has 1 heterocycles. The van der Waals surface area contributed by atoms with Gasteiger partial charge in [0.25, 0.3) is 5.91 Å². The zero-order valence-corrected chi connectivity index (χ0v) is 18.6. The van der Waals surface area contributed by atoms with E-state index in [1.807, 2.05) is 30.3 Å². The standard InChI is InChI=1S/C22H27BrN4O3/c1-30-14-6-11-24-21(28)17-15-16(9-10-20(17)27-12-4-5-13-27)25-22(29)26-19-8-3-2-7-18(19)23/h2-3,7-10,15H,4-6,11-14H2,1H3,(H,24,28)(H2,25,26,29). The van der Waals surface area contributed by atoms with Gasteiger partial charge in [-0.15, -0.1) is 0 Å². The van der Waals surface area contributed by atoms with E-state index in [9.17, 15) is 9.59 Å². The number of benzene rings is 2. The number of anilines is 3. The number of carbonyl (C=O) groups is 2. The molecule has 7 nitrogen and oxygen atoms in total. The van der Waals surface area contributed by atoms with Gasteiger partial charge >= 0.3 is 6.03 Å². The van der Waals surface area contributed by atoms with Crippen LogP contribution in [0.1, 0.15) is 29.6 Å². The van der Waals surface area contributed by atoms with Gasteiger partial charge in [0, 0.05) is 49.2 Å². The maximum Gasteiger partial charge on any atom is 0.323 e. The largest absolute Gasteiger partial charge is 0.385 e. The first-order chi connectivity index (χ1) is 14.6. The van der Waals surface area contributed by atoms with Crippen LogP contribution in [0.4, 0.5) is 21.9 Å². The maximum atomic E-state index is 12.8. The van der Waals surface area contributed by atoms with Crippen molar-refractivity contribution in [2.24, 2.45) is 0 Å². The van der Waals surface area contributed by atoms with Crippen molar-refractivity contribution in [1.29, 1.82) is 0 Å². The molecule has 1 saturated heterocycles. The van der Waals surface area contributed by atoms with Crippen molar-refractivity contribution in [2.45, 2.75) is 19.3 Å². The lowest BCUT2D eigenvalue weighted by atomic mass is 10.1. The number of halogens is 1. The number of para-hydroxylation sites is 1. The third-order valence-corrected chi connectivity index (χ3v) is 5.57. The molecule has 1 aliphatic rings. The molecule has 1 fully saturated rings. The Morgan fingerprint density at radius 3 is 2.60 bits per heavy atom. The number of carbonyl (C=O) groups excluding carboxylic acids is 2. The number of nitrogens with one attached hydrogen (secondary N) is 3. The van der Waals surface area contributed by atoms with Gasteiger partial charge in [-0.2, -0.15) is 0 Å². The fourth-order valence-corrected chi connectivity index (χ4v) is 3.77. The molecule has 3 amide bonds. The number of ether oxygens (including phenoxy) is 1. The summed E-state index contributed by atoms with van der Waals surface area (Å²) < 4.78 is 5.83. The molecule has 0 unspecified atom stereocenters. The second-order valence-electron chi connectivity index (χ2n) is 7.09. The van der Waals surface area contributed by atoms with Crippen LogP contribution < -0.4 is 20.9 Å². The summed E-state index contributed by atoms with van der Waals surface area (Å²) in [6.07, 6.45) is 2.97. The first-order valence-corrected chi connectivity index (χ1v) is 10.9. The molecule has 3 rings (SSSR count). The van der Waals surface area contributed by atoms with Crippen molar-refractivity contribution >= 4 is 44.9 Å². The highest BCUT2D eigenvalue weighted by Gasteiger charge is 2.20. The Labute approximate surface area is 185 Å². The monoisotopic (exact) mass is 474 g/mol. The fraction of sp³-hybridized carbons (Fsp3) is 0.364. The normalized spacial score (nSPS) is 13.2. The number of urea groups is 1. The van der Waals surface area contributed by atoms with E-state index in [0.717, 1.165) is 42.5 Å². The molecule has 2 aromatic carbocycles. The van der Waals surface area contributed by atoms with Gasteiger partial charge < -0.3 is 25.6 Å². The van der Waals surface area contributed by atoms with E-state index in [1.54, 1.807) is 19.2 Å². The smallest absolute Gasteiger partial charge is 0.323 e. The van der Waals surface area contributed by atoms with Crippen molar-refractivity contribution in [1.82, 2.24) is 5.32 Å². The Kier molecular flexibility index (Phi) is 8.10. The van der Waals surface area contributed by atoms with Crippen molar-refractivity contribution in [3.05, 3.63) is 52.5 Å². The van der Waals surface area contributed by atoms with Gasteiger partial charge in [0.1, 0.15) is 0 Å². The summed E-state index contributed by atoms with van der Waals surface area (Å²) in [7, 11) is 1.64. The topological polar surface area (TPSA) is 82.7 Å². The minimum absolute atomic E-state index is 0.150. The van der Waals surface area contributed by atoms with Gasteiger partial charge in [0.05, 0.1) is 11.3 Å². The maximum absolute atomic E-state index is 12.8. The van der Waals surface area contributed by atoms with E-state index in [4.69, 9.17) is 4.74 Å². The Balaban J connectivity index is 1.74. The van der Waals surface area contributed by atoms with Crippen LogP contribution in [0.25, 0.3) is 0 Å². The van der Waals surface area contributed by atoms with E-state index >= 15 is 0 Å². The van der Waals surface area contributed by atoms with Crippen molar-refractivity contribution in [2.75, 3.05) is 48.9 Å². The predicted molar refractivity (Wildman–Crippen MR) is 123 cm³/mol. The SMILES string of the molecule is COCCCNC(=O)c1cc(NC(=O)Nc2ccccc2Br)ccc1N1CCCC1. The lowest BCUT2D eigenvalue weighted by molar-refractivity contribution is 0.0949. The molecule has 0 spiro atoms.